The second-order valence-corrected chi connectivity index (χ2v) is 7.62. The van der Waals surface area contributed by atoms with Crippen molar-refractivity contribution in [2.75, 3.05) is 48.5 Å². The zero-order valence-electron chi connectivity index (χ0n) is 18.8. The van der Waals surface area contributed by atoms with Gasteiger partial charge in [-0.2, -0.15) is 0 Å². The molecule has 1 aromatic carbocycles. The number of Topliss-reactive ketones (excluding diaryl/α,β-unsaturated/α-hetero) is 1. The quantitative estimate of drug-likeness (QED) is 0.334. The lowest BCUT2D eigenvalue weighted by molar-refractivity contribution is -0.857. The molecule has 1 aromatic heterocycles. The van der Waals surface area contributed by atoms with Crippen molar-refractivity contribution >= 4 is 17.4 Å². The number of quaternary nitrogens is 1. The van der Waals surface area contributed by atoms with Crippen LogP contribution in [0.3, 0.4) is 0 Å². The number of nitrogens with zero attached hydrogens (tertiary/aromatic N) is 2. The van der Waals surface area contributed by atoms with Crippen molar-refractivity contribution < 1.29 is 33.8 Å². The minimum Gasteiger partial charge on any atom is -0.872 e. The Kier molecular flexibility index (Phi) is 6.99. The van der Waals surface area contributed by atoms with Gasteiger partial charge in [0.15, 0.2) is 11.5 Å². The number of likely N-dealkylation sites (tertiary alicyclic amines) is 1. The Balaban J connectivity index is 2.24. The fraction of sp³-hybridized carbons (Fsp3) is 0.348. The summed E-state index contributed by atoms with van der Waals surface area (Å²) >= 11 is 0. The number of methoxy groups -OCH3 is 3. The SMILES string of the molecule is COc1cc(C2C(=C([O-])c3ccncc3)C(=O)C(=O)N2CC[NH+](C)C)cc(OC)c1OC. The number of hydrogen-bond acceptors (Lipinski definition) is 7. The summed E-state index contributed by atoms with van der Waals surface area (Å²) in [6.45, 7) is 0.887. The molecule has 2 aromatic rings. The number of ether oxygens (including phenoxy) is 3. The van der Waals surface area contributed by atoms with E-state index in [1.807, 2.05) is 14.1 Å². The number of carbonyl (C=O) groups excluding carboxylic acids is 2. The summed E-state index contributed by atoms with van der Waals surface area (Å²) in [5.41, 5.74) is 0.697. The third-order valence-corrected chi connectivity index (χ3v) is 5.33. The molecule has 0 aliphatic carbocycles. The van der Waals surface area contributed by atoms with E-state index >= 15 is 0 Å². The number of rotatable bonds is 8. The van der Waals surface area contributed by atoms with E-state index in [0.29, 0.717) is 35.9 Å². The molecule has 1 atom stereocenters. The van der Waals surface area contributed by atoms with E-state index in [-0.39, 0.29) is 11.1 Å². The van der Waals surface area contributed by atoms with E-state index in [4.69, 9.17) is 14.2 Å². The minimum absolute atomic E-state index is 0.107. The molecule has 1 saturated heterocycles. The molecule has 1 N–H and O–H groups in total. The Morgan fingerprint density at radius 1 is 1.06 bits per heavy atom. The van der Waals surface area contributed by atoms with Crippen LogP contribution < -0.4 is 24.2 Å². The first-order chi connectivity index (χ1) is 15.3. The molecule has 9 nitrogen and oxygen atoms in total. The van der Waals surface area contributed by atoms with Gasteiger partial charge in [0, 0.05) is 18.0 Å². The second kappa shape index (κ2) is 9.69. The first-order valence-corrected chi connectivity index (χ1v) is 10.1. The lowest BCUT2D eigenvalue weighted by atomic mass is 9.95. The number of benzene rings is 1. The first kappa shape index (κ1) is 23.1. The molecule has 0 spiro atoms. The van der Waals surface area contributed by atoms with Gasteiger partial charge in [0.2, 0.25) is 11.5 Å². The van der Waals surface area contributed by atoms with Crippen LogP contribution >= 0.6 is 0 Å². The van der Waals surface area contributed by atoms with E-state index in [1.165, 1.54) is 50.8 Å². The molecule has 0 radical (unpaired) electrons. The van der Waals surface area contributed by atoms with E-state index in [1.54, 1.807) is 12.1 Å². The number of amides is 1. The van der Waals surface area contributed by atoms with Gasteiger partial charge in [0.05, 0.1) is 54.6 Å². The Hall–Kier alpha value is -3.59. The van der Waals surface area contributed by atoms with E-state index in [2.05, 4.69) is 4.98 Å². The zero-order valence-corrected chi connectivity index (χ0v) is 18.8. The number of carbonyl (C=O) groups is 2. The number of pyridine rings is 1. The highest BCUT2D eigenvalue weighted by molar-refractivity contribution is 6.46. The third-order valence-electron chi connectivity index (χ3n) is 5.33. The molecule has 1 aliphatic rings. The lowest BCUT2D eigenvalue weighted by Crippen LogP contribution is -3.06. The molecule has 1 aliphatic heterocycles. The van der Waals surface area contributed by atoms with Gasteiger partial charge in [-0.3, -0.25) is 14.6 Å². The van der Waals surface area contributed by atoms with Crippen LogP contribution in [0.2, 0.25) is 0 Å². The molecule has 3 rings (SSSR count). The fourth-order valence-corrected chi connectivity index (χ4v) is 3.71. The number of ketones is 1. The van der Waals surface area contributed by atoms with Gasteiger partial charge >= 0.3 is 0 Å². The monoisotopic (exact) mass is 441 g/mol. The predicted octanol–water partition coefficient (Wildman–Crippen LogP) is -0.524. The van der Waals surface area contributed by atoms with Crippen LogP contribution in [0.25, 0.3) is 5.76 Å². The highest BCUT2D eigenvalue weighted by atomic mass is 16.5. The summed E-state index contributed by atoms with van der Waals surface area (Å²) in [6, 6.07) is 5.47. The molecule has 0 bridgehead atoms. The van der Waals surface area contributed by atoms with Crippen molar-refractivity contribution in [1.29, 1.82) is 0 Å². The molecule has 170 valence electrons. The van der Waals surface area contributed by atoms with Crippen LogP contribution in [0, 0.1) is 0 Å². The number of hydrogen-bond donors (Lipinski definition) is 1. The van der Waals surface area contributed by atoms with Crippen LogP contribution in [0.4, 0.5) is 0 Å². The van der Waals surface area contributed by atoms with Gasteiger partial charge in [0.1, 0.15) is 0 Å². The Morgan fingerprint density at radius 2 is 1.66 bits per heavy atom. The lowest BCUT2D eigenvalue weighted by Gasteiger charge is -2.28. The average Bonchev–Trinajstić information content (AvgIpc) is 3.06. The zero-order chi connectivity index (χ0) is 23.4. The third kappa shape index (κ3) is 4.24. The molecule has 32 heavy (non-hydrogen) atoms. The summed E-state index contributed by atoms with van der Waals surface area (Å²) in [5.74, 6) is -0.920. The molecular formula is C23H27N3O6. The van der Waals surface area contributed by atoms with Crippen molar-refractivity contribution in [2.45, 2.75) is 6.04 Å². The maximum absolute atomic E-state index is 13.3. The topological polar surface area (TPSA) is 105 Å². The maximum Gasteiger partial charge on any atom is 0.295 e. The normalized spacial score (nSPS) is 17.7. The van der Waals surface area contributed by atoms with Gasteiger partial charge < -0.3 is 29.1 Å². The largest absolute Gasteiger partial charge is 0.872 e. The van der Waals surface area contributed by atoms with Gasteiger partial charge in [-0.1, -0.05) is 5.76 Å². The van der Waals surface area contributed by atoms with Gasteiger partial charge in [-0.25, -0.2) is 0 Å². The number of likely N-dealkylation sites (N-methyl/N-ethyl adjacent to an activating group) is 1. The van der Waals surface area contributed by atoms with Crippen LogP contribution in [-0.2, 0) is 9.59 Å². The van der Waals surface area contributed by atoms with Crippen molar-refractivity contribution in [2.24, 2.45) is 0 Å². The van der Waals surface area contributed by atoms with Gasteiger partial charge in [0.25, 0.3) is 5.91 Å². The Labute approximate surface area is 186 Å². The van der Waals surface area contributed by atoms with Crippen LogP contribution in [-0.4, -0.2) is 70.1 Å². The number of aromatic nitrogens is 1. The molecule has 2 heterocycles. The summed E-state index contributed by atoms with van der Waals surface area (Å²) in [7, 11) is 8.34. The van der Waals surface area contributed by atoms with E-state index < -0.39 is 23.5 Å². The van der Waals surface area contributed by atoms with E-state index in [0.717, 1.165) is 4.90 Å². The number of nitrogens with one attached hydrogen (secondary N) is 1. The fourth-order valence-electron chi connectivity index (χ4n) is 3.71. The molecule has 1 fully saturated rings. The van der Waals surface area contributed by atoms with Crippen molar-refractivity contribution in [3.05, 3.63) is 53.4 Å². The molecular weight excluding hydrogens is 414 g/mol. The van der Waals surface area contributed by atoms with Crippen molar-refractivity contribution in [3.8, 4) is 17.2 Å². The van der Waals surface area contributed by atoms with Gasteiger partial charge in [-0.15, -0.1) is 0 Å². The molecule has 9 heteroatoms. The highest BCUT2D eigenvalue weighted by Gasteiger charge is 2.44. The standard InChI is InChI=1S/C23H27N3O6/c1-25(2)10-11-26-19(15-12-16(30-3)22(32-5)17(13-15)31-4)18(21(28)23(26)29)20(27)14-6-8-24-9-7-14/h6-9,12-13,19,27H,10-11H2,1-5H3. The van der Waals surface area contributed by atoms with Gasteiger partial charge in [-0.05, 0) is 35.4 Å². The van der Waals surface area contributed by atoms with Crippen molar-refractivity contribution in [1.82, 2.24) is 9.88 Å². The first-order valence-electron chi connectivity index (χ1n) is 10.1. The van der Waals surface area contributed by atoms with E-state index in [9.17, 15) is 14.7 Å². The molecule has 1 unspecified atom stereocenters. The minimum atomic E-state index is -0.885. The van der Waals surface area contributed by atoms with Crippen LogP contribution in [0.15, 0.2) is 42.2 Å². The molecule has 1 amide bonds. The summed E-state index contributed by atoms with van der Waals surface area (Å²) in [5, 5.41) is 13.3. The highest BCUT2D eigenvalue weighted by Crippen LogP contribution is 2.45. The summed E-state index contributed by atoms with van der Waals surface area (Å²) in [6.07, 6.45) is 2.94. The smallest absolute Gasteiger partial charge is 0.295 e. The predicted molar refractivity (Wildman–Crippen MR) is 114 cm³/mol. The Morgan fingerprint density at radius 3 is 2.16 bits per heavy atom. The Bertz CT molecular complexity index is 1010. The second-order valence-electron chi connectivity index (χ2n) is 7.62. The molecule has 0 saturated carbocycles. The summed E-state index contributed by atoms with van der Waals surface area (Å²) < 4.78 is 16.3. The van der Waals surface area contributed by atoms with Crippen LogP contribution in [0.5, 0.6) is 17.2 Å². The van der Waals surface area contributed by atoms with Crippen LogP contribution in [0.1, 0.15) is 17.2 Å². The maximum atomic E-state index is 13.3. The average molecular weight is 441 g/mol. The summed E-state index contributed by atoms with van der Waals surface area (Å²) in [4.78, 5) is 32.5. The van der Waals surface area contributed by atoms with Crippen molar-refractivity contribution in [3.63, 3.8) is 0 Å².